The predicted molar refractivity (Wildman–Crippen MR) is 69.1 cm³/mol. The van der Waals surface area contributed by atoms with Crippen molar-refractivity contribution in [2.45, 2.75) is 12.3 Å². The fraction of sp³-hybridized carbons (Fsp3) is 0.250. The second kappa shape index (κ2) is 4.37. The second-order valence-electron chi connectivity index (χ2n) is 4.87. The summed E-state index contributed by atoms with van der Waals surface area (Å²) in [4.78, 5) is 24.0. The second-order valence-corrected chi connectivity index (χ2v) is 4.87. The molecule has 0 saturated heterocycles. The van der Waals surface area contributed by atoms with Crippen LogP contribution < -0.4 is 0 Å². The normalized spacial score (nSPS) is 30.3. The van der Waals surface area contributed by atoms with Gasteiger partial charge in [0.2, 0.25) is 0 Å². The van der Waals surface area contributed by atoms with Gasteiger partial charge in [0.15, 0.2) is 11.6 Å². The molecule has 0 bridgehead atoms. The van der Waals surface area contributed by atoms with Crippen molar-refractivity contribution in [2.75, 3.05) is 0 Å². The van der Waals surface area contributed by atoms with Crippen LogP contribution in [0.5, 0.6) is 0 Å². The number of ketones is 2. The molecule has 3 rings (SSSR count). The highest BCUT2D eigenvalue weighted by molar-refractivity contribution is 6.08. The fourth-order valence-electron chi connectivity index (χ4n) is 2.95. The van der Waals surface area contributed by atoms with Crippen LogP contribution in [0, 0.1) is 11.8 Å². The molecule has 0 amide bonds. The summed E-state index contributed by atoms with van der Waals surface area (Å²) in [7, 11) is 0. The molecule has 2 aliphatic carbocycles. The Morgan fingerprint density at radius 3 is 2.44 bits per heavy atom. The summed E-state index contributed by atoms with van der Waals surface area (Å²) >= 11 is 0. The number of carbonyl (C=O) groups excluding carboxylic acids is 2. The lowest BCUT2D eigenvalue weighted by Crippen LogP contribution is -2.37. The zero-order chi connectivity index (χ0) is 12.5. The Kier molecular flexibility index (Phi) is 2.71. The molecule has 3 atom stereocenters. The Balaban J connectivity index is 2.03. The largest absolute Gasteiger partial charge is 0.295 e. The van der Waals surface area contributed by atoms with Crippen LogP contribution in [0.15, 0.2) is 54.6 Å². The SMILES string of the molecule is O=C1C=CC(=O)[C@H]2CC=C[C@@H](c3ccccc3)[C@@H]12. The van der Waals surface area contributed by atoms with E-state index >= 15 is 0 Å². The first-order valence-corrected chi connectivity index (χ1v) is 6.25. The first kappa shape index (κ1) is 11.1. The Hall–Kier alpha value is -1.96. The zero-order valence-electron chi connectivity index (χ0n) is 9.95. The summed E-state index contributed by atoms with van der Waals surface area (Å²) < 4.78 is 0. The van der Waals surface area contributed by atoms with E-state index in [1.165, 1.54) is 12.2 Å². The van der Waals surface area contributed by atoms with Crippen LogP contribution in [0.25, 0.3) is 0 Å². The van der Waals surface area contributed by atoms with Crippen molar-refractivity contribution < 1.29 is 9.59 Å². The molecule has 0 N–H and O–H groups in total. The van der Waals surface area contributed by atoms with E-state index in [2.05, 4.69) is 6.08 Å². The molecule has 0 aromatic heterocycles. The predicted octanol–water partition coefficient (Wildman–Crippen LogP) is 2.67. The lowest BCUT2D eigenvalue weighted by Gasteiger charge is -2.34. The number of allylic oxidation sites excluding steroid dienone is 4. The maximum absolute atomic E-state index is 12.1. The van der Waals surface area contributed by atoms with Gasteiger partial charge in [-0.1, -0.05) is 42.5 Å². The molecule has 0 fully saturated rings. The molecule has 90 valence electrons. The number of hydrogen-bond acceptors (Lipinski definition) is 2. The van der Waals surface area contributed by atoms with Gasteiger partial charge in [0.1, 0.15) is 0 Å². The summed E-state index contributed by atoms with van der Waals surface area (Å²) in [6.07, 6.45) is 7.66. The minimum absolute atomic E-state index is 0.0337. The van der Waals surface area contributed by atoms with E-state index in [1.54, 1.807) is 0 Å². The van der Waals surface area contributed by atoms with Crippen LogP contribution >= 0.6 is 0 Å². The van der Waals surface area contributed by atoms with Crippen molar-refractivity contribution in [1.29, 1.82) is 0 Å². The molecule has 1 aromatic rings. The van der Waals surface area contributed by atoms with Crippen LogP contribution in [0.1, 0.15) is 17.9 Å². The summed E-state index contributed by atoms with van der Waals surface area (Å²) in [5.41, 5.74) is 1.11. The van der Waals surface area contributed by atoms with E-state index in [0.29, 0.717) is 6.42 Å². The highest BCUT2D eigenvalue weighted by Crippen LogP contribution is 2.40. The van der Waals surface area contributed by atoms with Crippen molar-refractivity contribution in [3.8, 4) is 0 Å². The minimum Gasteiger partial charge on any atom is -0.295 e. The highest BCUT2D eigenvalue weighted by atomic mass is 16.1. The van der Waals surface area contributed by atoms with E-state index in [-0.39, 0.29) is 29.3 Å². The Morgan fingerprint density at radius 2 is 1.67 bits per heavy atom. The molecule has 0 aliphatic heterocycles. The number of fused-ring (bicyclic) bond motifs is 1. The molecule has 1 aromatic carbocycles. The molecule has 0 radical (unpaired) electrons. The standard InChI is InChI=1S/C16H14O2/c17-14-9-10-15(18)16-12(7-4-8-13(14)16)11-5-2-1-3-6-11/h1-7,9-10,12-13,16H,8H2/t12-,13+,16+/m0/s1. The summed E-state index contributed by atoms with van der Waals surface area (Å²) in [6, 6.07) is 9.94. The summed E-state index contributed by atoms with van der Waals surface area (Å²) in [5.74, 6) is -0.179. The van der Waals surface area contributed by atoms with Gasteiger partial charge in [0.25, 0.3) is 0 Å². The van der Waals surface area contributed by atoms with E-state index in [1.807, 2.05) is 36.4 Å². The van der Waals surface area contributed by atoms with Crippen LogP contribution in [0.4, 0.5) is 0 Å². The lowest BCUT2D eigenvalue weighted by atomic mass is 9.67. The van der Waals surface area contributed by atoms with Gasteiger partial charge in [-0.15, -0.1) is 0 Å². The van der Waals surface area contributed by atoms with Crippen LogP contribution in [0.3, 0.4) is 0 Å². The average molecular weight is 238 g/mol. The lowest BCUT2D eigenvalue weighted by molar-refractivity contribution is -0.129. The topological polar surface area (TPSA) is 34.1 Å². The van der Waals surface area contributed by atoms with E-state index < -0.39 is 0 Å². The van der Waals surface area contributed by atoms with E-state index in [9.17, 15) is 9.59 Å². The third-order valence-corrected chi connectivity index (χ3v) is 3.84. The number of rotatable bonds is 1. The van der Waals surface area contributed by atoms with Crippen LogP contribution in [-0.4, -0.2) is 11.6 Å². The smallest absolute Gasteiger partial charge is 0.160 e. The van der Waals surface area contributed by atoms with Crippen LogP contribution in [-0.2, 0) is 9.59 Å². The molecule has 2 aliphatic rings. The first-order valence-electron chi connectivity index (χ1n) is 6.25. The quantitative estimate of drug-likeness (QED) is 0.705. The average Bonchev–Trinajstić information content (AvgIpc) is 2.43. The van der Waals surface area contributed by atoms with Gasteiger partial charge >= 0.3 is 0 Å². The van der Waals surface area contributed by atoms with Crippen molar-refractivity contribution >= 4 is 11.6 Å². The van der Waals surface area contributed by atoms with Crippen molar-refractivity contribution in [3.63, 3.8) is 0 Å². The van der Waals surface area contributed by atoms with Crippen molar-refractivity contribution in [2.24, 2.45) is 11.8 Å². The van der Waals surface area contributed by atoms with Gasteiger partial charge in [0.05, 0.1) is 0 Å². The van der Waals surface area contributed by atoms with Crippen LogP contribution in [0.2, 0.25) is 0 Å². The zero-order valence-corrected chi connectivity index (χ0v) is 9.95. The molecule has 2 nitrogen and oxygen atoms in total. The van der Waals surface area contributed by atoms with E-state index in [4.69, 9.17) is 0 Å². The third-order valence-electron chi connectivity index (χ3n) is 3.84. The molecule has 18 heavy (non-hydrogen) atoms. The number of benzene rings is 1. The summed E-state index contributed by atoms with van der Waals surface area (Å²) in [6.45, 7) is 0. The Morgan fingerprint density at radius 1 is 0.944 bits per heavy atom. The minimum atomic E-state index is -0.213. The Bertz CT molecular complexity index is 539. The highest BCUT2D eigenvalue weighted by Gasteiger charge is 2.40. The monoisotopic (exact) mass is 238 g/mol. The molecule has 0 spiro atoms. The first-order chi connectivity index (χ1) is 8.77. The number of hydrogen-bond donors (Lipinski definition) is 0. The van der Waals surface area contributed by atoms with Gasteiger partial charge < -0.3 is 0 Å². The summed E-state index contributed by atoms with van der Waals surface area (Å²) in [5, 5.41) is 0. The van der Waals surface area contributed by atoms with Gasteiger partial charge in [0, 0.05) is 17.8 Å². The van der Waals surface area contributed by atoms with Crippen molar-refractivity contribution in [1.82, 2.24) is 0 Å². The fourth-order valence-corrected chi connectivity index (χ4v) is 2.95. The molecule has 0 saturated carbocycles. The third kappa shape index (κ3) is 1.74. The maximum Gasteiger partial charge on any atom is 0.160 e. The molecular formula is C16H14O2. The van der Waals surface area contributed by atoms with Gasteiger partial charge in [-0.05, 0) is 24.1 Å². The van der Waals surface area contributed by atoms with Gasteiger partial charge in [-0.3, -0.25) is 9.59 Å². The maximum atomic E-state index is 12.1. The van der Waals surface area contributed by atoms with Gasteiger partial charge in [-0.2, -0.15) is 0 Å². The van der Waals surface area contributed by atoms with Crippen molar-refractivity contribution in [3.05, 3.63) is 60.2 Å². The molecule has 0 heterocycles. The Labute approximate surface area is 106 Å². The van der Waals surface area contributed by atoms with Gasteiger partial charge in [-0.25, -0.2) is 0 Å². The molecule has 2 heteroatoms. The van der Waals surface area contributed by atoms with E-state index in [0.717, 1.165) is 5.56 Å². The molecular weight excluding hydrogens is 224 g/mol. The molecule has 0 unspecified atom stereocenters. The number of carbonyl (C=O) groups is 2.